The first-order chi connectivity index (χ1) is 14.3. The fourth-order valence-corrected chi connectivity index (χ4v) is 4.58. The topological polar surface area (TPSA) is 80.8 Å². The quantitative estimate of drug-likeness (QED) is 0.658. The number of nitrogens with zero attached hydrogens (tertiary/aromatic N) is 9. The van der Waals surface area contributed by atoms with E-state index >= 15 is 0 Å². The summed E-state index contributed by atoms with van der Waals surface area (Å²) in [5.74, 6) is 3.10. The molecule has 9 heteroatoms. The molecule has 0 atom stereocenters. The third-order valence-electron chi connectivity index (χ3n) is 6.44. The first-order valence-electron chi connectivity index (χ1n) is 10.6. The summed E-state index contributed by atoms with van der Waals surface area (Å²) in [6.45, 7) is 3.58. The van der Waals surface area contributed by atoms with Crippen LogP contribution in [-0.2, 0) is 0 Å². The van der Waals surface area contributed by atoms with Gasteiger partial charge in [-0.2, -0.15) is 25.1 Å². The molecule has 0 unspecified atom stereocenters. The van der Waals surface area contributed by atoms with Crippen LogP contribution >= 0.6 is 0 Å². The van der Waals surface area contributed by atoms with Crippen LogP contribution in [0, 0.1) is 0 Å². The molecule has 0 amide bonds. The van der Waals surface area contributed by atoms with Gasteiger partial charge in [0.15, 0.2) is 0 Å². The second-order valence-electron chi connectivity index (χ2n) is 8.36. The van der Waals surface area contributed by atoms with Crippen LogP contribution in [0.1, 0.15) is 49.5 Å². The fourth-order valence-electron chi connectivity index (χ4n) is 4.58. The Kier molecular flexibility index (Phi) is 3.98. The second kappa shape index (κ2) is 6.82. The van der Waals surface area contributed by atoms with E-state index < -0.39 is 0 Å². The number of hydrogen-bond donors (Lipinski definition) is 0. The highest BCUT2D eigenvalue weighted by Crippen LogP contribution is 2.35. The molecule has 1 saturated carbocycles. The third-order valence-corrected chi connectivity index (χ3v) is 6.44. The van der Waals surface area contributed by atoms with Crippen LogP contribution in [0.2, 0.25) is 0 Å². The Hall–Kier alpha value is -2.97. The predicted octanol–water partition coefficient (Wildman–Crippen LogP) is 2.04. The van der Waals surface area contributed by atoms with Crippen molar-refractivity contribution in [2.75, 3.05) is 36.0 Å². The van der Waals surface area contributed by atoms with Gasteiger partial charge in [-0.3, -0.25) is 9.36 Å². The molecule has 3 fully saturated rings. The standard InChI is InChI=1S/C20H25N9/c1-2-6-15(5-1)18-23-19(26-11-16(12-26)28-9-3-7-21-28)25-20(24-18)27-13-17(14-27)29-10-4-8-22-29/h3-4,7-10,15-17H,1-2,5-6,11-14H2. The summed E-state index contributed by atoms with van der Waals surface area (Å²) in [4.78, 5) is 19.1. The number of aromatic nitrogens is 7. The van der Waals surface area contributed by atoms with Crippen molar-refractivity contribution in [1.29, 1.82) is 0 Å². The normalized spacial score (nSPS) is 20.8. The van der Waals surface area contributed by atoms with Crippen LogP contribution in [0.15, 0.2) is 36.9 Å². The van der Waals surface area contributed by atoms with Gasteiger partial charge in [-0.15, -0.1) is 0 Å². The smallest absolute Gasteiger partial charge is 0.230 e. The van der Waals surface area contributed by atoms with Gasteiger partial charge in [-0.25, -0.2) is 0 Å². The molecule has 1 aliphatic carbocycles. The predicted molar refractivity (Wildman–Crippen MR) is 108 cm³/mol. The lowest BCUT2D eigenvalue weighted by atomic mass is 10.1. The van der Waals surface area contributed by atoms with Gasteiger partial charge in [0, 0.05) is 56.9 Å². The van der Waals surface area contributed by atoms with Gasteiger partial charge in [-0.1, -0.05) is 12.8 Å². The molecule has 3 aromatic rings. The average Bonchev–Trinajstić information content (AvgIpc) is 3.42. The SMILES string of the molecule is c1cnn(C2CN(c3nc(C4CCCC4)nc(N4CC(n5cccn5)C4)n3)C2)c1. The highest BCUT2D eigenvalue weighted by atomic mass is 15.4. The lowest BCUT2D eigenvalue weighted by Crippen LogP contribution is -2.50. The van der Waals surface area contributed by atoms with Crippen LogP contribution in [-0.4, -0.2) is 60.7 Å². The van der Waals surface area contributed by atoms with Crippen LogP contribution in [0.25, 0.3) is 0 Å². The third kappa shape index (κ3) is 3.04. The van der Waals surface area contributed by atoms with Crippen LogP contribution in [0.5, 0.6) is 0 Å². The van der Waals surface area contributed by atoms with Gasteiger partial charge in [0.25, 0.3) is 0 Å². The van der Waals surface area contributed by atoms with Gasteiger partial charge in [-0.05, 0) is 25.0 Å². The summed E-state index contributed by atoms with van der Waals surface area (Å²) < 4.78 is 4.06. The molecule has 6 rings (SSSR count). The molecule has 3 aromatic heterocycles. The molecular weight excluding hydrogens is 366 g/mol. The van der Waals surface area contributed by atoms with Crippen molar-refractivity contribution in [2.24, 2.45) is 0 Å². The molecule has 9 nitrogen and oxygen atoms in total. The first-order valence-corrected chi connectivity index (χ1v) is 10.6. The van der Waals surface area contributed by atoms with E-state index in [9.17, 15) is 0 Å². The molecule has 2 aliphatic heterocycles. The molecule has 2 saturated heterocycles. The molecule has 0 spiro atoms. The van der Waals surface area contributed by atoms with E-state index in [1.807, 2.05) is 46.3 Å². The summed E-state index contributed by atoms with van der Waals surface area (Å²) in [7, 11) is 0. The summed E-state index contributed by atoms with van der Waals surface area (Å²) in [5, 5.41) is 8.74. The Bertz CT molecular complexity index is 882. The van der Waals surface area contributed by atoms with Crippen molar-refractivity contribution in [2.45, 2.75) is 43.7 Å². The molecule has 5 heterocycles. The van der Waals surface area contributed by atoms with Crippen molar-refractivity contribution in [3.05, 3.63) is 42.7 Å². The number of hydrogen-bond acceptors (Lipinski definition) is 7. The Morgan fingerprint density at radius 3 is 1.66 bits per heavy atom. The largest absolute Gasteiger partial charge is 0.336 e. The van der Waals surface area contributed by atoms with E-state index in [4.69, 9.17) is 15.0 Å². The summed E-state index contributed by atoms with van der Waals surface area (Å²) in [6.07, 6.45) is 12.7. The van der Waals surface area contributed by atoms with E-state index in [1.165, 1.54) is 25.7 Å². The van der Waals surface area contributed by atoms with Crippen LogP contribution in [0.3, 0.4) is 0 Å². The van der Waals surface area contributed by atoms with Crippen molar-refractivity contribution in [3.8, 4) is 0 Å². The van der Waals surface area contributed by atoms with E-state index in [1.54, 1.807) is 0 Å². The van der Waals surface area contributed by atoms with Gasteiger partial charge < -0.3 is 9.80 Å². The molecule has 0 radical (unpaired) electrons. The van der Waals surface area contributed by atoms with Gasteiger partial charge in [0.2, 0.25) is 11.9 Å². The first kappa shape index (κ1) is 16.9. The number of anilines is 2. The minimum Gasteiger partial charge on any atom is -0.336 e. The van der Waals surface area contributed by atoms with Gasteiger partial charge in [0.05, 0.1) is 12.1 Å². The van der Waals surface area contributed by atoms with E-state index in [2.05, 4.69) is 20.0 Å². The zero-order valence-corrected chi connectivity index (χ0v) is 16.4. The highest BCUT2D eigenvalue weighted by molar-refractivity contribution is 5.44. The zero-order chi connectivity index (χ0) is 19.2. The van der Waals surface area contributed by atoms with Crippen LogP contribution in [0.4, 0.5) is 11.9 Å². The summed E-state index contributed by atoms with van der Waals surface area (Å²) in [5.41, 5.74) is 0. The molecule has 150 valence electrons. The van der Waals surface area contributed by atoms with E-state index in [0.29, 0.717) is 18.0 Å². The molecule has 3 aliphatic rings. The Balaban J connectivity index is 1.22. The number of rotatable bonds is 5. The lowest BCUT2D eigenvalue weighted by Gasteiger charge is -2.41. The molecular formula is C20H25N9. The Morgan fingerprint density at radius 2 is 1.21 bits per heavy atom. The summed E-state index contributed by atoms with van der Waals surface area (Å²) >= 11 is 0. The van der Waals surface area contributed by atoms with Crippen molar-refractivity contribution >= 4 is 11.9 Å². The molecule has 0 bridgehead atoms. The minimum absolute atomic E-state index is 0.397. The van der Waals surface area contributed by atoms with E-state index in [0.717, 1.165) is 43.9 Å². The van der Waals surface area contributed by atoms with Crippen molar-refractivity contribution < 1.29 is 0 Å². The van der Waals surface area contributed by atoms with Gasteiger partial charge >= 0.3 is 0 Å². The van der Waals surface area contributed by atoms with Crippen molar-refractivity contribution in [3.63, 3.8) is 0 Å². The van der Waals surface area contributed by atoms with Crippen LogP contribution < -0.4 is 9.80 Å². The monoisotopic (exact) mass is 391 g/mol. The van der Waals surface area contributed by atoms with Crippen molar-refractivity contribution in [1.82, 2.24) is 34.5 Å². The maximum atomic E-state index is 4.89. The lowest BCUT2D eigenvalue weighted by molar-refractivity contribution is 0.356. The Labute approximate surface area is 169 Å². The minimum atomic E-state index is 0.397. The molecule has 29 heavy (non-hydrogen) atoms. The Morgan fingerprint density at radius 1 is 0.690 bits per heavy atom. The van der Waals surface area contributed by atoms with Gasteiger partial charge in [0.1, 0.15) is 5.82 Å². The maximum Gasteiger partial charge on any atom is 0.230 e. The maximum absolute atomic E-state index is 4.89. The fraction of sp³-hybridized carbons (Fsp3) is 0.550. The second-order valence-corrected chi connectivity index (χ2v) is 8.36. The summed E-state index contributed by atoms with van der Waals surface area (Å²) in [6, 6.07) is 4.74. The van der Waals surface area contributed by atoms with E-state index in [-0.39, 0.29) is 0 Å². The average molecular weight is 391 g/mol. The molecule has 0 N–H and O–H groups in total. The highest BCUT2D eigenvalue weighted by Gasteiger charge is 2.35. The zero-order valence-electron chi connectivity index (χ0n) is 16.4. The molecule has 0 aromatic carbocycles.